The van der Waals surface area contributed by atoms with Gasteiger partial charge in [-0.05, 0) is 68.5 Å². The van der Waals surface area contributed by atoms with E-state index in [1.165, 1.54) is 16.7 Å². The van der Waals surface area contributed by atoms with Crippen LogP contribution in [0.4, 0.5) is 5.69 Å². The van der Waals surface area contributed by atoms with Gasteiger partial charge in [0.05, 0.1) is 11.4 Å². The second-order valence-electron chi connectivity index (χ2n) is 7.35. The summed E-state index contributed by atoms with van der Waals surface area (Å²) < 4.78 is 30.6. The zero-order chi connectivity index (χ0) is 19.3. The minimum Gasteiger partial charge on any atom is -0.280 e. The summed E-state index contributed by atoms with van der Waals surface area (Å²) in [4.78, 5) is 0.264. The van der Waals surface area contributed by atoms with E-state index in [1.807, 2.05) is 44.2 Å². The first-order valence-electron chi connectivity index (χ1n) is 9.07. The predicted octanol–water partition coefficient (Wildman–Crippen LogP) is 4.45. The molecule has 1 aliphatic carbocycles. The summed E-state index contributed by atoms with van der Waals surface area (Å²) in [6, 6.07) is 14.2. The van der Waals surface area contributed by atoms with Crippen molar-refractivity contribution in [2.24, 2.45) is 0 Å². The quantitative estimate of drug-likeness (QED) is 0.568. The van der Waals surface area contributed by atoms with Gasteiger partial charge < -0.3 is 0 Å². The largest absolute Gasteiger partial charge is 0.280 e. The predicted molar refractivity (Wildman–Crippen MR) is 108 cm³/mol. The van der Waals surface area contributed by atoms with Crippen molar-refractivity contribution in [2.45, 2.75) is 45.1 Å². The molecular weight excluding hydrogens is 358 g/mol. The lowest BCUT2D eigenvalue weighted by Crippen LogP contribution is -2.15. The zero-order valence-electron chi connectivity index (χ0n) is 15.9. The van der Waals surface area contributed by atoms with Crippen molar-refractivity contribution in [3.63, 3.8) is 0 Å². The molecule has 2 aromatic carbocycles. The lowest BCUT2D eigenvalue weighted by atomic mass is 10.1. The van der Waals surface area contributed by atoms with Gasteiger partial charge in [-0.15, -0.1) is 0 Å². The number of aromatic nitrogens is 2. The molecule has 0 bridgehead atoms. The number of anilines is 1. The maximum absolute atomic E-state index is 13.0. The highest BCUT2D eigenvalue weighted by Crippen LogP contribution is 2.38. The van der Waals surface area contributed by atoms with Gasteiger partial charge in [-0.2, -0.15) is 5.10 Å². The van der Waals surface area contributed by atoms with Crippen molar-refractivity contribution in [3.8, 4) is 11.1 Å². The van der Waals surface area contributed by atoms with E-state index in [4.69, 9.17) is 0 Å². The van der Waals surface area contributed by atoms with Crippen molar-refractivity contribution in [1.29, 1.82) is 0 Å². The van der Waals surface area contributed by atoms with Gasteiger partial charge in [-0.25, -0.2) is 8.42 Å². The van der Waals surface area contributed by atoms with Crippen LogP contribution in [0.25, 0.3) is 11.1 Å². The molecule has 0 saturated heterocycles. The minimum absolute atomic E-state index is 0.103. The fraction of sp³-hybridized carbons (Fsp3) is 0.286. The third kappa shape index (κ3) is 2.94. The molecule has 4 rings (SSSR count). The highest BCUT2D eigenvalue weighted by Gasteiger charge is 2.26. The Hall–Kier alpha value is -2.60. The van der Waals surface area contributed by atoms with Crippen LogP contribution in [0.3, 0.4) is 0 Å². The highest BCUT2D eigenvalue weighted by molar-refractivity contribution is 7.92. The average molecular weight is 382 g/mol. The monoisotopic (exact) mass is 381 g/mol. The van der Waals surface area contributed by atoms with E-state index in [2.05, 4.69) is 22.0 Å². The number of hydrogen-bond donors (Lipinski definition) is 1. The molecule has 0 fully saturated rings. The van der Waals surface area contributed by atoms with Crippen molar-refractivity contribution >= 4 is 15.7 Å². The molecular formula is C21H23N3O2S. The van der Waals surface area contributed by atoms with Crippen LogP contribution < -0.4 is 4.72 Å². The first-order valence-corrected chi connectivity index (χ1v) is 10.6. The maximum atomic E-state index is 13.0. The van der Waals surface area contributed by atoms with Crippen LogP contribution in [-0.2, 0) is 16.4 Å². The zero-order valence-corrected chi connectivity index (χ0v) is 16.8. The Morgan fingerprint density at radius 1 is 1.04 bits per heavy atom. The van der Waals surface area contributed by atoms with Crippen LogP contribution in [0, 0.1) is 13.8 Å². The van der Waals surface area contributed by atoms with Crippen molar-refractivity contribution in [3.05, 3.63) is 65.0 Å². The molecule has 5 nitrogen and oxygen atoms in total. The molecule has 1 N–H and O–H groups in total. The molecule has 140 valence electrons. The Bertz CT molecular complexity index is 1140. The summed E-state index contributed by atoms with van der Waals surface area (Å²) in [5.41, 5.74) is 6.57. The van der Waals surface area contributed by atoms with Gasteiger partial charge in [0, 0.05) is 11.7 Å². The number of aryl methyl sites for hydroxylation is 1. The summed E-state index contributed by atoms with van der Waals surface area (Å²) >= 11 is 0. The van der Waals surface area contributed by atoms with Gasteiger partial charge in [-0.1, -0.05) is 30.3 Å². The van der Waals surface area contributed by atoms with Crippen molar-refractivity contribution < 1.29 is 8.42 Å². The molecule has 0 unspecified atom stereocenters. The van der Waals surface area contributed by atoms with Crippen LogP contribution in [-0.4, -0.2) is 18.2 Å². The third-order valence-electron chi connectivity index (χ3n) is 5.06. The Balaban J connectivity index is 1.68. The van der Waals surface area contributed by atoms with E-state index in [1.54, 1.807) is 18.5 Å². The van der Waals surface area contributed by atoms with Gasteiger partial charge in [0.1, 0.15) is 4.90 Å². The molecule has 6 heteroatoms. The van der Waals surface area contributed by atoms with Gasteiger partial charge >= 0.3 is 0 Å². The Kier molecular flexibility index (Phi) is 4.11. The molecule has 3 aromatic rings. The number of fused-ring (bicyclic) bond motifs is 3. The van der Waals surface area contributed by atoms with Crippen LogP contribution in [0.15, 0.2) is 47.4 Å². The topological polar surface area (TPSA) is 64.0 Å². The van der Waals surface area contributed by atoms with Gasteiger partial charge in [0.15, 0.2) is 0 Å². The van der Waals surface area contributed by atoms with Crippen LogP contribution >= 0.6 is 0 Å². The molecule has 1 aromatic heterocycles. The van der Waals surface area contributed by atoms with Crippen molar-refractivity contribution in [2.75, 3.05) is 4.72 Å². The second-order valence-corrected chi connectivity index (χ2v) is 8.97. The maximum Gasteiger partial charge on any atom is 0.265 e. The fourth-order valence-corrected chi connectivity index (χ4v) is 5.41. The van der Waals surface area contributed by atoms with Crippen LogP contribution in [0.2, 0.25) is 0 Å². The average Bonchev–Trinajstić information content (AvgIpc) is 3.11. The molecule has 27 heavy (non-hydrogen) atoms. The molecule has 1 aliphatic rings. The number of benzene rings is 2. The second kappa shape index (κ2) is 6.23. The van der Waals surface area contributed by atoms with Gasteiger partial charge in [0.2, 0.25) is 0 Å². The first-order chi connectivity index (χ1) is 12.8. The molecule has 0 saturated carbocycles. The third-order valence-corrected chi connectivity index (χ3v) is 6.70. The number of nitrogens with one attached hydrogen (secondary N) is 1. The molecule has 1 heterocycles. The summed E-state index contributed by atoms with van der Waals surface area (Å²) in [5, 5.41) is 4.40. The van der Waals surface area contributed by atoms with Crippen molar-refractivity contribution in [1.82, 2.24) is 9.78 Å². The van der Waals surface area contributed by atoms with E-state index in [-0.39, 0.29) is 10.9 Å². The summed E-state index contributed by atoms with van der Waals surface area (Å²) in [6.45, 7) is 7.51. The normalized spacial score (nSPS) is 12.9. The van der Waals surface area contributed by atoms with E-state index in [9.17, 15) is 8.42 Å². The fourth-order valence-electron chi connectivity index (χ4n) is 3.95. The highest BCUT2D eigenvalue weighted by atomic mass is 32.2. The van der Waals surface area contributed by atoms with Gasteiger partial charge in [0.25, 0.3) is 10.0 Å². The van der Waals surface area contributed by atoms with E-state index in [0.717, 1.165) is 12.0 Å². The molecule has 0 spiro atoms. The number of sulfonamides is 1. The van der Waals surface area contributed by atoms with Crippen LogP contribution in [0.5, 0.6) is 0 Å². The van der Waals surface area contributed by atoms with Crippen LogP contribution in [0.1, 0.15) is 42.4 Å². The molecule has 0 radical (unpaired) electrons. The standard InChI is InChI=1S/C21H23N3O2S/c1-13(2)24-15(4)21(14(3)22-24)27(25,26)23-18-9-10-20-17(12-18)11-16-7-5-6-8-19(16)20/h5-10,12-13,23H,11H2,1-4H3. The van der Waals surface area contributed by atoms with E-state index >= 15 is 0 Å². The Morgan fingerprint density at radius 2 is 1.74 bits per heavy atom. The molecule has 0 amide bonds. The Morgan fingerprint density at radius 3 is 2.44 bits per heavy atom. The first kappa shape index (κ1) is 17.8. The molecule has 0 aliphatic heterocycles. The smallest absolute Gasteiger partial charge is 0.265 e. The number of hydrogen-bond acceptors (Lipinski definition) is 3. The lowest BCUT2D eigenvalue weighted by Gasteiger charge is -2.11. The number of nitrogens with zero attached hydrogens (tertiary/aromatic N) is 2. The van der Waals surface area contributed by atoms with E-state index in [0.29, 0.717) is 17.1 Å². The van der Waals surface area contributed by atoms with Gasteiger partial charge in [-0.3, -0.25) is 9.40 Å². The summed E-state index contributed by atoms with van der Waals surface area (Å²) in [7, 11) is -3.71. The minimum atomic E-state index is -3.71. The van der Waals surface area contributed by atoms with E-state index < -0.39 is 10.0 Å². The Labute approximate surface area is 160 Å². The molecule has 0 atom stereocenters. The summed E-state index contributed by atoms with van der Waals surface area (Å²) in [6.07, 6.45) is 0.824. The SMILES string of the molecule is Cc1nn(C(C)C)c(C)c1S(=O)(=O)Nc1ccc2c(c1)Cc1ccccc1-2. The summed E-state index contributed by atoms with van der Waals surface area (Å²) in [5.74, 6) is 0. The number of rotatable bonds is 4. The lowest BCUT2D eigenvalue weighted by molar-refractivity contribution is 0.514.